The lowest BCUT2D eigenvalue weighted by Gasteiger charge is -2.26. The summed E-state index contributed by atoms with van der Waals surface area (Å²) in [5, 5.41) is 0. The molecule has 1 heterocycles. The van der Waals surface area contributed by atoms with Crippen LogP contribution < -0.4 is 0 Å². The Hall–Kier alpha value is -1.85. The van der Waals surface area contributed by atoms with E-state index < -0.39 is 24.1 Å². The van der Waals surface area contributed by atoms with Gasteiger partial charge in [-0.1, -0.05) is 6.58 Å². The molecule has 0 aromatic carbocycles. The molecular weight excluding hydrogens is 252 g/mol. The van der Waals surface area contributed by atoms with Crippen molar-refractivity contribution >= 4 is 17.9 Å². The third-order valence-electron chi connectivity index (χ3n) is 3.36. The third kappa shape index (κ3) is 2.77. The normalized spacial score (nSPS) is 28.5. The lowest BCUT2D eigenvalue weighted by Crippen LogP contribution is -2.39. The summed E-state index contributed by atoms with van der Waals surface area (Å²) in [5.41, 5.74) is -0.645. The zero-order valence-electron chi connectivity index (χ0n) is 10.8. The van der Waals surface area contributed by atoms with Crippen molar-refractivity contribution in [3.63, 3.8) is 0 Å². The van der Waals surface area contributed by atoms with Crippen LogP contribution in [0.1, 0.15) is 32.6 Å². The van der Waals surface area contributed by atoms with E-state index in [1.807, 2.05) is 0 Å². The van der Waals surface area contributed by atoms with Crippen molar-refractivity contribution in [1.29, 1.82) is 0 Å². The van der Waals surface area contributed by atoms with E-state index in [0.29, 0.717) is 12.8 Å². The van der Waals surface area contributed by atoms with Gasteiger partial charge in [0.1, 0.15) is 6.10 Å². The topological polar surface area (TPSA) is 78.9 Å². The number of carbonyl (C=O) groups is 3. The number of esters is 3. The maximum absolute atomic E-state index is 11.7. The molecule has 19 heavy (non-hydrogen) atoms. The van der Waals surface area contributed by atoms with Crippen molar-refractivity contribution in [1.82, 2.24) is 0 Å². The summed E-state index contributed by atoms with van der Waals surface area (Å²) in [6.45, 7) is 4.42. The van der Waals surface area contributed by atoms with Gasteiger partial charge >= 0.3 is 17.9 Å². The monoisotopic (exact) mass is 268 g/mol. The molecule has 0 radical (unpaired) electrons. The van der Waals surface area contributed by atoms with Crippen LogP contribution in [0.3, 0.4) is 0 Å². The summed E-state index contributed by atoms with van der Waals surface area (Å²) in [5.74, 6) is -1.66. The molecule has 1 aliphatic heterocycles. The van der Waals surface area contributed by atoms with E-state index >= 15 is 0 Å². The molecule has 6 nitrogen and oxygen atoms in total. The fourth-order valence-corrected chi connectivity index (χ4v) is 2.48. The maximum Gasteiger partial charge on any atom is 0.344 e. The molecule has 2 atom stereocenters. The smallest absolute Gasteiger partial charge is 0.344 e. The molecule has 0 N–H and O–H groups in total. The number of hydrogen-bond acceptors (Lipinski definition) is 6. The van der Waals surface area contributed by atoms with E-state index in [1.165, 1.54) is 6.92 Å². The Morgan fingerprint density at radius 1 is 1.53 bits per heavy atom. The average molecular weight is 268 g/mol. The number of rotatable bonds is 4. The molecule has 0 bridgehead atoms. The van der Waals surface area contributed by atoms with Crippen molar-refractivity contribution in [2.45, 2.75) is 44.3 Å². The van der Waals surface area contributed by atoms with Crippen molar-refractivity contribution in [2.24, 2.45) is 0 Å². The first-order valence-electron chi connectivity index (χ1n) is 6.17. The number of ether oxygens (including phenoxy) is 3. The van der Waals surface area contributed by atoms with E-state index in [-0.39, 0.29) is 24.1 Å². The molecule has 0 amide bonds. The average Bonchev–Trinajstić information content (AvgIpc) is 2.80. The number of fused-ring (bicyclic) bond motifs is 1. The first-order valence-corrected chi connectivity index (χ1v) is 6.17. The predicted octanol–water partition coefficient (Wildman–Crippen LogP) is 0.887. The van der Waals surface area contributed by atoms with E-state index in [9.17, 15) is 14.4 Å². The highest BCUT2D eigenvalue weighted by molar-refractivity contribution is 5.88. The molecule has 0 aromatic heterocycles. The van der Waals surface area contributed by atoms with Crippen LogP contribution >= 0.6 is 0 Å². The predicted molar refractivity (Wildman–Crippen MR) is 62.9 cm³/mol. The molecule has 0 spiro atoms. The standard InChI is InChI=1S/C13H16O6/c1-8(2)12(16)17-7-11(15)19-13-5-3-4-9(13)18-10(14)6-13/h9H,1,3-7H2,2H3. The molecule has 2 rings (SSSR count). The molecule has 6 heteroatoms. The first-order chi connectivity index (χ1) is 8.93. The van der Waals surface area contributed by atoms with Crippen molar-refractivity contribution < 1.29 is 28.6 Å². The van der Waals surface area contributed by atoms with Crippen LogP contribution in [0, 0.1) is 0 Å². The van der Waals surface area contributed by atoms with Gasteiger partial charge in [-0.25, -0.2) is 9.59 Å². The summed E-state index contributed by atoms with van der Waals surface area (Å²) in [7, 11) is 0. The molecule has 2 unspecified atom stereocenters. The van der Waals surface area contributed by atoms with E-state index in [4.69, 9.17) is 14.2 Å². The summed E-state index contributed by atoms with van der Waals surface area (Å²) < 4.78 is 15.2. The molecule has 2 aliphatic rings. The molecule has 104 valence electrons. The number of hydrogen-bond donors (Lipinski definition) is 0. The van der Waals surface area contributed by atoms with Gasteiger partial charge in [0.2, 0.25) is 0 Å². The minimum Gasteiger partial charge on any atom is -0.458 e. The fourth-order valence-electron chi connectivity index (χ4n) is 2.48. The van der Waals surface area contributed by atoms with Gasteiger partial charge in [-0.15, -0.1) is 0 Å². The largest absolute Gasteiger partial charge is 0.458 e. The molecule has 1 saturated heterocycles. The van der Waals surface area contributed by atoms with Gasteiger partial charge in [0.25, 0.3) is 0 Å². The van der Waals surface area contributed by atoms with Crippen molar-refractivity contribution in [3.05, 3.63) is 12.2 Å². The summed E-state index contributed by atoms with van der Waals surface area (Å²) in [4.78, 5) is 34.1. The van der Waals surface area contributed by atoms with E-state index in [2.05, 4.69) is 6.58 Å². The molecular formula is C13H16O6. The van der Waals surface area contributed by atoms with Crippen LogP contribution in [-0.4, -0.2) is 36.2 Å². The minimum atomic E-state index is -0.857. The molecule has 1 saturated carbocycles. The highest BCUT2D eigenvalue weighted by Crippen LogP contribution is 2.43. The highest BCUT2D eigenvalue weighted by atomic mass is 16.6. The lowest BCUT2D eigenvalue weighted by molar-refractivity contribution is -0.171. The highest BCUT2D eigenvalue weighted by Gasteiger charge is 2.55. The zero-order valence-corrected chi connectivity index (χ0v) is 10.8. The lowest BCUT2D eigenvalue weighted by atomic mass is 9.98. The molecule has 1 aliphatic carbocycles. The van der Waals surface area contributed by atoms with Crippen LogP contribution in [0.2, 0.25) is 0 Å². The van der Waals surface area contributed by atoms with Crippen LogP contribution in [0.5, 0.6) is 0 Å². The minimum absolute atomic E-state index is 0.0812. The van der Waals surface area contributed by atoms with Gasteiger partial charge in [-0.3, -0.25) is 4.79 Å². The van der Waals surface area contributed by atoms with E-state index in [0.717, 1.165) is 6.42 Å². The molecule has 2 fully saturated rings. The second-order valence-electron chi connectivity index (χ2n) is 4.94. The van der Waals surface area contributed by atoms with Gasteiger partial charge < -0.3 is 14.2 Å². The van der Waals surface area contributed by atoms with Crippen LogP contribution in [-0.2, 0) is 28.6 Å². The second-order valence-corrected chi connectivity index (χ2v) is 4.94. The van der Waals surface area contributed by atoms with Crippen molar-refractivity contribution in [2.75, 3.05) is 6.61 Å². The Morgan fingerprint density at radius 3 is 2.95 bits per heavy atom. The van der Waals surface area contributed by atoms with Gasteiger partial charge in [0, 0.05) is 5.57 Å². The molecule has 0 aromatic rings. The quantitative estimate of drug-likeness (QED) is 0.428. The first kappa shape index (κ1) is 13.6. The summed E-state index contributed by atoms with van der Waals surface area (Å²) >= 11 is 0. The maximum atomic E-state index is 11.7. The third-order valence-corrected chi connectivity index (χ3v) is 3.36. The number of carbonyl (C=O) groups excluding carboxylic acids is 3. The summed E-state index contributed by atoms with van der Waals surface area (Å²) in [6.07, 6.45) is 1.86. The van der Waals surface area contributed by atoms with Crippen LogP contribution in [0.15, 0.2) is 12.2 Å². The Labute approximate surface area is 110 Å². The van der Waals surface area contributed by atoms with Gasteiger partial charge in [0.15, 0.2) is 12.2 Å². The Morgan fingerprint density at radius 2 is 2.26 bits per heavy atom. The van der Waals surface area contributed by atoms with Crippen molar-refractivity contribution in [3.8, 4) is 0 Å². The van der Waals surface area contributed by atoms with Crippen LogP contribution in [0.25, 0.3) is 0 Å². The Kier molecular flexibility index (Phi) is 3.59. The van der Waals surface area contributed by atoms with E-state index in [1.54, 1.807) is 0 Å². The second kappa shape index (κ2) is 5.03. The van der Waals surface area contributed by atoms with Crippen LogP contribution in [0.4, 0.5) is 0 Å². The SMILES string of the molecule is C=C(C)C(=O)OCC(=O)OC12CCCC1OC(=O)C2. The van der Waals surface area contributed by atoms with Gasteiger partial charge in [-0.05, 0) is 26.2 Å². The van der Waals surface area contributed by atoms with Gasteiger partial charge in [-0.2, -0.15) is 0 Å². The Balaban J connectivity index is 1.90. The Bertz CT molecular complexity index is 440. The van der Waals surface area contributed by atoms with Gasteiger partial charge in [0.05, 0.1) is 6.42 Å². The fraction of sp³-hybridized carbons (Fsp3) is 0.615. The summed E-state index contributed by atoms with van der Waals surface area (Å²) in [6, 6.07) is 0. The zero-order chi connectivity index (χ0) is 14.0.